The van der Waals surface area contributed by atoms with Gasteiger partial charge in [0.2, 0.25) is 0 Å². The highest BCUT2D eigenvalue weighted by molar-refractivity contribution is 5.79. The molecule has 182 valence electrons. The van der Waals surface area contributed by atoms with E-state index in [1.54, 1.807) is 19.1 Å². The third-order valence-electron chi connectivity index (χ3n) is 10.7. The van der Waals surface area contributed by atoms with E-state index in [0.29, 0.717) is 47.9 Å². The van der Waals surface area contributed by atoms with Crippen LogP contribution in [0.2, 0.25) is 0 Å². The molecule has 4 saturated carbocycles. The molecule has 0 radical (unpaired) electrons. The van der Waals surface area contributed by atoms with Gasteiger partial charge >= 0.3 is 0 Å². The lowest BCUT2D eigenvalue weighted by molar-refractivity contribution is -0.384. The van der Waals surface area contributed by atoms with Gasteiger partial charge in [-0.1, -0.05) is 25.7 Å². The Labute approximate surface area is 202 Å². The molecular formula is C29H37NO4. The molecule has 0 bridgehead atoms. The van der Waals surface area contributed by atoms with Crippen molar-refractivity contribution in [2.24, 2.45) is 40.4 Å². The zero-order chi connectivity index (χ0) is 24.3. The van der Waals surface area contributed by atoms with E-state index in [1.165, 1.54) is 31.4 Å². The van der Waals surface area contributed by atoms with E-state index in [9.17, 15) is 20.0 Å². The summed E-state index contributed by atoms with van der Waals surface area (Å²) in [6.45, 7) is 6.66. The number of hydrogen-bond donors (Lipinski definition) is 1. The van der Waals surface area contributed by atoms with Crippen LogP contribution in [0.3, 0.4) is 0 Å². The summed E-state index contributed by atoms with van der Waals surface area (Å²) >= 11 is 0. The maximum Gasteiger partial charge on any atom is 0.269 e. The number of ketones is 1. The number of hydrogen-bond acceptors (Lipinski definition) is 4. The molecule has 0 amide bonds. The van der Waals surface area contributed by atoms with Gasteiger partial charge in [0, 0.05) is 23.6 Å². The summed E-state index contributed by atoms with van der Waals surface area (Å²) in [5.41, 5.74) is 0.176. The molecule has 0 aromatic heterocycles. The largest absolute Gasteiger partial charge is 0.378 e. The summed E-state index contributed by atoms with van der Waals surface area (Å²) < 4.78 is 0. The van der Waals surface area contributed by atoms with Crippen LogP contribution in [-0.2, 0) is 4.79 Å². The predicted octanol–water partition coefficient (Wildman–Crippen LogP) is 5.93. The lowest BCUT2D eigenvalue weighted by Crippen LogP contribution is -2.56. The van der Waals surface area contributed by atoms with Crippen molar-refractivity contribution in [2.75, 3.05) is 0 Å². The Morgan fingerprint density at radius 3 is 2.38 bits per heavy atom. The summed E-state index contributed by atoms with van der Waals surface area (Å²) in [4.78, 5) is 22.8. The maximum absolute atomic E-state index is 12.4. The average molecular weight is 464 g/mol. The van der Waals surface area contributed by atoms with Crippen LogP contribution >= 0.6 is 0 Å². The standard InChI is InChI=1S/C29H37NO4/c1-19(31)24-10-11-25-23-9-6-21-18-29(32,15-12-20-4-7-22(8-5-20)30(33)34)17-16-27(21,2)26(23)13-14-28(24,25)3/h4-5,7-8,21,23-26,32H,6,9-11,13-14,16-18H2,1-3H3/t21-,23?,24-,25?,26?,27+,28-,29-/m1/s1. The average Bonchev–Trinajstić information content (AvgIpc) is 3.16. The summed E-state index contributed by atoms with van der Waals surface area (Å²) in [5.74, 6) is 9.38. The number of non-ortho nitro benzene ring substituents is 1. The van der Waals surface area contributed by atoms with Crippen LogP contribution in [-0.4, -0.2) is 21.4 Å². The molecule has 5 rings (SSSR count). The van der Waals surface area contributed by atoms with Crippen LogP contribution in [0.15, 0.2) is 24.3 Å². The van der Waals surface area contributed by atoms with Gasteiger partial charge < -0.3 is 5.11 Å². The first-order valence-corrected chi connectivity index (χ1v) is 13.1. The molecule has 0 spiro atoms. The van der Waals surface area contributed by atoms with Gasteiger partial charge in [0.1, 0.15) is 11.4 Å². The minimum atomic E-state index is -0.991. The second kappa shape index (κ2) is 8.19. The molecule has 34 heavy (non-hydrogen) atoms. The zero-order valence-electron chi connectivity index (χ0n) is 20.7. The van der Waals surface area contributed by atoms with Crippen molar-refractivity contribution in [3.8, 4) is 11.8 Å². The van der Waals surface area contributed by atoms with Gasteiger partial charge in [-0.2, -0.15) is 0 Å². The van der Waals surface area contributed by atoms with E-state index in [2.05, 4.69) is 25.7 Å². The second-order valence-corrected chi connectivity index (χ2v) is 12.2. The minimum Gasteiger partial charge on any atom is -0.378 e. The van der Waals surface area contributed by atoms with Crippen molar-refractivity contribution in [3.63, 3.8) is 0 Å². The zero-order valence-corrected chi connectivity index (χ0v) is 20.7. The normalized spacial score (nSPS) is 43.0. The lowest BCUT2D eigenvalue weighted by atomic mass is 9.44. The fourth-order valence-electron chi connectivity index (χ4n) is 8.88. The highest BCUT2D eigenvalue weighted by Crippen LogP contribution is 2.68. The van der Waals surface area contributed by atoms with Crippen molar-refractivity contribution in [2.45, 2.75) is 84.2 Å². The van der Waals surface area contributed by atoms with Crippen LogP contribution in [0.4, 0.5) is 5.69 Å². The van der Waals surface area contributed by atoms with Gasteiger partial charge in [-0.05, 0) is 111 Å². The molecule has 4 aliphatic carbocycles. The van der Waals surface area contributed by atoms with Crippen molar-refractivity contribution in [1.82, 2.24) is 0 Å². The van der Waals surface area contributed by atoms with Crippen molar-refractivity contribution in [1.29, 1.82) is 0 Å². The molecule has 5 heteroatoms. The van der Waals surface area contributed by atoms with E-state index >= 15 is 0 Å². The van der Waals surface area contributed by atoms with Gasteiger partial charge in [0.05, 0.1) is 4.92 Å². The Kier molecular flexibility index (Phi) is 5.67. The SMILES string of the molecule is CC(=O)[C@H]1CCC2C3CC[C@@H]4C[C@@](O)(C#Cc5ccc([N+](=O)[O-])cc5)CC[C@]4(C)C3CC[C@@]21C. The van der Waals surface area contributed by atoms with Crippen LogP contribution < -0.4 is 0 Å². The highest BCUT2D eigenvalue weighted by Gasteiger charge is 2.61. The molecule has 4 fully saturated rings. The van der Waals surface area contributed by atoms with Crippen molar-refractivity contribution in [3.05, 3.63) is 39.9 Å². The number of rotatable bonds is 2. The number of Topliss-reactive ketones (excluding diaryl/α,β-unsaturated/α-hetero) is 1. The van der Waals surface area contributed by atoms with E-state index in [-0.39, 0.29) is 22.4 Å². The Morgan fingerprint density at radius 1 is 1.00 bits per heavy atom. The molecule has 0 heterocycles. The third-order valence-corrected chi connectivity index (χ3v) is 10.7. The molecule has 0 saturated heterocycles. The van der Waals surface area contributed by atoms with Crippen molar-refractivity contribution >= 4 is 11.5 Å². The lowest BCUT2D eigenvalue weighted by Gasteiger charge is -2.61. The molecule has 1 aromatic rings. The van der Waals surface area contributed by atoms with E-state index in [1.807, 2.05) is 0 Å². The molecule has 1 aromatic carbocycles. The first-order valence-electron chi connectivity index (χ1n) is 13.1. The number of aliphatic hydroxyl groups is 1. The molecule has 4 aliphatic rings. The molecule has 8 atom stereocenters. The maximum atomic E-state index is 12.4. The number of nitro benzene ring substituents is 1. The van der Waals surface area contributed by atoms with Crippen LogP contribution in [0.25, 0.3) is 0 Å². The summed E-state index contributed by atoms with van der Waals surface area (Å²) in [5, 5.41) is 22.3. The number of nitrogens with zero attached hydrogens (tertiary/aromatic N) is 1. The van der Waals surface area contributed by atoms with E-state index in [0.717, 1.165) is 25.7 Å². The Bertz CT molecular complexity index is 1050. The fourth-order valence-corrected chi connectivity index (χ4v) is 8.88. The smallest absolute Gasteiger partial charge is 0.269 e. The predicted molar refractivity (Wildman–Crippen MR) is 131 cm³/mol. The summed E-state index contributed by atoms with van der Waals surface area (Å²) in [7, 11) is 0. The van der Waals surface area contributed by atoms with Gasteiger partial charge in [-0.25, -0.2) is 0 Å². The number of nitro groups is 1. The monoisotopic (exact) mass is 463 g/mol. The number of fused-ring (bicyclic) bond motifs is 5. The number of carbonyl (C=O) groups is 1. The van der Waals surface area contributed by atoms with E-state index in [4.69, 9.17) is 0 Å². The fraction of sp³-hybridized carbons (Fsp3) is 0.690. The molecule has 5 nitrogen and oxygen atoms in total. The minimum absolute atomic E-state index is 0.0509. The van der Waals surface area contributed by atoms with Crippen molar-refractivity contribution < 1.29 is 14.8 Å². The third kappa shape index (κ3) is 3.70. The Morgan fingerprint density at radius 2 is 1.71 bits per heavy atom. The Hall–Kier alpha value is -2.19. The first kappa shape index (κ1) is 23.5. The van der Waals surface area contributed by atoms with Gasteiger partial charge in [-0.15, -0.1) is 0 Å². The van der Waals surface area contributed by atoms with Crippen LogP contribution in [0.5, 0.6) is 0 Å². The molecule has 0 aliphatic heterocycles. The van der Waals surface area contributed by atoms with E-state index < -0.39 is 10.5 Å². The van der Waals surface area contributed by atoms with Crippen LogP contribution in [0.1, 0.15) is 84.1 Å². The van der Waals surface area contributed by atoms with Gasteiger partial charge in [0.15, 0.2) is 0 Å². The molecular weight excluding hydrogens is 426 g/mol. The summed E-state index contributed by atoms with van der Waals surface area (Å²) in [6.07, 6.45) is 9.37. The topological polar surface area (TPSA) is 80.4 Å². The van der Waals surface area contributed by atoms with Gasteiger partial charge in [0.25, 0.3) is 5.69 Å². The second-order valence-electron chi connectivity index (χ2n) is 12.2. The molecule has 1 N–H and O–H groups in total. The van der Waals surface area contributed by atoms with Gasteiger partial charge in [-0.3, -0.25) is 14.9 Å². The Balaban J connectivity index is 1.32. The first-order chi connectivity index (χ1) is 16.1. The molecule has 3 unspecified atom stereocenters. The van der Waals surface area contributed by atoms with Crippen LogP contribution in [0, 0.1) is 62.4 Å². The summed E-state index contributed by atoms with van der Waals surface area (Å²) in [6, 6.07) is 6.23. The highest BCUT2D eigenvalue weighted by atomic mass is 16.6. The quantitative estimate of drug-likeness (QED) is 0.335. The number of carbonyl (C=O) groups excluding carboxylic acids is 1. The number of benzene rings is 1.